The molecule has 0 amide bonds. The maximum Gasteiger partial charge on any atom is 0.396 e. The van der Waals surface area contributed by atoms with Gasteiger partial charge in [-0.15, -0.1) is 0 Å². The highest BCUT2D eigenvalue weighted by atomic mass is 17.2. The number of rotatable bonds is 23. The van der Waals surface area contributed by atoms with E-state index in [9.17, 15) is 19.5 Å². The van der Waals surface area contributed by atoms with Gasteiger partial charge in [0.05, 0.1) is 6.10 Å². The van der Waals surface area contributed by atoms with E-state index in [1.807, 2.05) is 0 Å². The van der Waals surface area contributed by atoms with Gasteiger partial charge in [0.25, 0.3) is 0 Å². The van der Waals surface area contributed by atoms with Crippen LogP contribution < -0.4 is 0 Å². The van der Waals surface area contributed by atoms with Crippen molar-refractivity contribution in [1.29, 1.82) is 0 Å². The Bertz CT molecular complexity index is 1230. The standard InChI is InChI=1S/C47H78O7/c1-8-9-10-11-12-13-14-15-16-17-18-19-20-26-43(50)52-45(46(51)54-53-37(6)48)41-33-42-38(28-29-39-32-40(49)30-27-35(39)4)25-22-31-47(42,7)44(41)36(5)24-21-23-34(2)3/h28-29,34,36,40-42,44-45,49H,4,8-27,30-33H2,1-3,5-7H3/b38-28+,39-29+/t36-,40+,41?,42+,44-,45?,47+/m1/s1. The summed E-state index contributed by atoms with van der Waals surface area (Å²) in [6.07, 6.45) is 28.3. The van der Waals surface area contributed by atoms with E-state index in [4.69, 9.17) is 14.5 Å². The van der Waals surface area contributed by atoms with Crippen LogP contribution in [0.15, 0.2) is 35.5 Å². The third-order valence-corrected chi connectivity index (χ3v) is 13.0. The number of carbonyl (C=O) groups excluding carboxylic acids is 3. The van der Waals surface area contributed by atoms with Gasteiger partial charge in [-0.2, -0.15) is 0 Å². The van der Waals surface area contributed by atoms with Crippen LogP contribution in [0.1, 0.15) is 196 Å². The van der Waals surface area contributed by atoms with Crippen molar-refractivity contribution >= 4 is 17.9 Å². The Labute approximate surface area is 329 Å². The van der Waals surface area contributed by atoms with Crippen molar-refractivity contribution in [2.45, 2.75) is 208 Å². The molecule has 0 bridgehead atoms. The van der Waals surface area contributed by atoms with E-state index >= 15 is 0 Å². The van der Waals surface area contributed by atoms with Gasteiger partial charge in [-0.05, 0) is 86.0 Å². The van der Waals surface area contributed by atoms with Crippen molar-refractivity contribution in [3.05, 3.63) is 35.5 Å². The summed E-state index contributed by atoms with van der Waals surface area (Å²) in [5.74, 6) is -0.958. The maximum absolute atomic E-state index is 13.8. The minimum atomic E-state index is -1.15. The molecule has 0 aliphatic heterocycles. The normalized spacial score (nSPS) is 26.9. The largest absolute Gasteiger partial charge is 0.450 e. The molecule has 3 rings (SSSR count). The number of hydrogen-bond donors (Lipinski definition) is 1. The molecule has 0 saturated heterocycles. The lowest BCUT2D eigenvalue weighted by atomic mass is 9.59. The molecular weight excluding hydrogens is 677 g/mol. The lowest BCUT2D eigenvalue weighted by molar-refractivity contribution is -0.266. The van der Waals surface area contributed by atoms with Gasteiger partial charge < -0.3 is 9.84 Å². The van der Waals surface area contributed by atoms with Gasteiger partial charge in [-0.3, -0.25) is 4.79 Å². The fourth-order valence-corrected chi connectivity index (χ4v) is 10.1. The first-order valence-corrected chi connectivity index (χ1v) is 22.2. The van der Waals surface area contributed by atoms with Crippen molar-refractivity contribution in [3.63, 3.8) is 0 Å². The van der Waals surface area contributed by atoms with Gasteiger partial charge >= 0.3 is 17.9 Å². The summed E-state index contributed by atoms with van der Waals surface area (Å²) >= 11 is 0. The van der Waals surface area contributed by atoms with Crippen LogP contribution in [0.2, 0.25) is 0 Å². The highest BCUT2D eigenvalue weighted by Gasteiger charge is 2.59. The van der Waals surface area contributed by atoms with Crippen LogP contribution in [0.25, 0.3) is 0 Å². The number of unbranched alkanes of at least 4 members (excludes halogenated alkanes) is 12. The topological polar surface area (TPSA) is 99.1 Å². The first kappa shape index (κ1) is 46.0. The molecule has 308 valence electrons. The summed E-state index contributed by atoms with van der Waals surface area (Å²) in [4.78, 5) is 48.8. The Morgan fingerprint density at radius 3 is 2.11 bits per heavy atom. The monoisotopic (exact) mass is 755 g/mol. The van der Waals surface area contributed by atoms with Gasteiger partial charge in [0.15, 0.2) is 0 Å². The first-order valence-electron chi connectivity index (χ1n) is 22.2. The van der Waals surface area contributed by atoms with Crippen LogP contribution >= 0.6 is 0 Å². The molecule has 3 saturated carbocycles. The van der Waals surface area contributed by atoms with Crippen molar-refractivity contribution < 1.29 is 34.0 Å². The molecule has 1 N–H and O–H groups in total. The highest BCUT2D eigenvalue weighted by Crippen LogP contribution is 2.63. The van der Waals surface area contributed by atoms with Crippen molar-refractivity contribution in [2.24, 2.45) is 35.0 Å². The number of aliphatic hydroxyl groups excluding tert-OH is 1. The fraction of sp³-hybridized carbons (Fsp3) is 0.809. The van der Waals surface area contributed by atoms with Crippen LogP contribution in [-0.4, -0.2) is 35.2 Å². The number of esters is 1. The SMILES string of the molecule is C=C1CC[C@H](O)C/C1=C\C=C1/CCC[C@@]2(C)[C@H]1CC(C(OC(=O)CCCCCCCCCCCCCCC)C(=O)OOC(C)=O)[C@H]2[C@H](C)CCCC(C)C. The summed E-state index contributed by atoms with van der Waals surface area (Å²) in [6, 6.07) is 0. The minimum absolute atomic E-state index is 0.102. The highest BCUT2D eigenvalue weighted by molar-refractivity contribution is 5.80. The summed E-state index contributed by atoms with van der Waals surface area (Å²) in [5.41, 5.74) is 3.47. The summed E-state index contributed by atoms with van der Waals surface area (Å²) in [5, 5.41) is 10.4. The van der Waals surface area contributed by atoms with Crippen molar-refractivity contribution in [2.75, 3.05) is 0 Å². The smallest absolute Gasteiger partial charge is 0.396 e. The maximum atomic E-state index is 13.8. The van der Waals surface area contributed by atoms with Gasteiger partial charge in [0.2, 0.25) is 6.10 Å². The molecule has 54 heavy (non-hydrogen) atoms. The zero-order chi connectivity index (χ0) is 39.5. The molecule has 3 fully saturated rings. The molecule has 3 aliphatic rings. The molecular formula is C47H78O7. The van der Waals surface area contributed by atoms with Gasteiger partial charge in [0, 0.05) is 19.3 Å². The molecule has 7 atom stereocenters. The molecule has 0 spiro atoms. The molecule has 0 radical (unpaired) electrons. The molecule has 0 heterocycles. The third kappa shape index (κ3) is 14.9. The van der Waals surface area contributed by atoms with E-state index in [2.05, 4.69) is 53.3 Å². The number of fused-ring (bicyclic) bond motifs is 1. The van der Waals surface area contributed by atoms with E-state index in [0.717, 1.165) is 81.8 Å². The van der Waals surface area contributed by atoms with Gasteiger partial charge in [-0.25, -0.2) is 19.4 Å². The number of hydrogen-bond acceptors (Lipinski definition) is 7. The lowest BCUT2D eigenvalue weighted by Gasteiger charge is -2.45. The number of carbonyl (C=O) groups is 3. The first-order chi connectivity index (χ1) is 25.9. The average molecular weight is 755 g/mol. The zero-order valence-corrected chi connectivity index (χ0v) is 35.3. The quantitative estimate of drug-likeness (QED) is 0.0480. The average Bonchev–Trinajstić information content (AvgIpc) is 3.44. The van der Waals surface area contributed by atoms with E-state index < -0.39 is 18.0 Å². The van der Waals surface area contributed by atoms with Crippen LogP contribution in [0.5, 0.6) is 0 Å². The summed E-state index contributed by atoms with van der Waals surface area (Å²) in [6.45, 7) is 16.9. The number of ether oxygens (including phenoxy) is 1. The molecule has 3 aliphatic carbocycles. The third-order valence-electron chi connectivity index (χ3n) is 13.0. The van der Waals surface area contributed by atoms with Crippen LogP contribution in [0, 0.1) is 35.0 Å². The molecule has 7 heteroatoms. The van der Waals surface area contributed by atoms with Gasteiger partial charge in [-0.1, -0.05) is 161 Å². The minimum Gasteiger partial charge on any atom is -0.450 e. The Hall–Kier alpha value is -2.41. The van der Waals surface area contributed by atoms with Gasteiger partial charge in [0.1, 0.15) is 0 Å². The van der Waals surface area contributed by atoms with Crippen molar-refractivity contribution in [1.82, 2.24) is 0 Å². The zero-order valence-electron chi connectivity index (χ0n) is 35.3. The van der Waals surface area contributed by atoms with Crippen molar-refractivity contribution in [3.8, 4) is 0 Å². The molecule has 7 nitrogen and oxygen atoms in total. The van der Waals surface area contributed by atoms with E-state index in [1.165, 1.54) is 76.7 Å². The fourth-order valence-electron chi connectivity index (χ4n) is 10.1. The Morgan fingerprint density at radius 2 is 1.50 bits per heavy atom. The second kappa shape index (κ2) is 24.3. The summed E-state index contributed by atoms with van der Waals surface area (Å²) in [7, 11) is 0. The Kier molecular flexibility index (Phi) is 20.7. The van der Waals surface area contributed by atoms with E-state index in [-0.39, 0.29) is 41.7 Å². The molecule has 2 unspecified atom stereocenters. The second-order valence-corrected chi connectivity index (χ2v) is 18.0. The molecule has 0 aromatic rings. The number of allylic oxidation sites excluding steroid dienone is 4. The van der Waals surface area contributed by atoms with E-state index in [0.29, 0.717) is 24.7 Å². The molecule has 0 aromatic carbocycles. The second-order valence-electron chi connectivity index (χ2n) is 18.0. The Morgan fingerprint density at radius 1 is 0.870 bits per heavy atom. The summed E-state index contributed by atoms with van der Waals surface area (Å²) < 4.78 is 6.15. The van der Waals surface area contributed by atoms with Crippen LogP contribution in [0.4, 0.5) is 0 Å². The lowest BCUT2D eigenvalue weighted by Crippen LogP contribution is -2.43. The van der Waals surface area contributed by atoms with E-state index in [1.54, 1.807) is 0 Å². The van der Waals surface area contributed by atoms with Crippen LogP contribution in [-0.2, 0) is 28.9 Å². The predicted molar refractivity (Wildman–Crippen MR) is 218 cm³/mol. The Balaban J connectivity index is 1.73. The molecule has 0 aromatic heterocycles. The van der Waals surface area contributed by atoms with Crippen LogP contribution in [0.3, 0.4) is 0 Å². The number of aliphatic hydroxyl groups is 1. The predicted octanol–water partition coefficient (Wildman–Crippen LogP) is 12.3.